The molecule has 1 aromatic carbocycles. The summed E-state index contributed by atoms with van der Waals surface area (Å²) < 4.78 is 5.68. The van der Waals surface area contributed by atoms with E-state index in [1.54, 1.807) is 0 Å². The van der Waals surface area contributed by atoms with Crippen molar-refractivity contribution < 1.29 is 9.22 Å². The molecule has 3 nitrogen and oxygen atoms in total. The maximum atomic E-state index is 12.4. The minimum absolute atomic E-state index is 0.101. The van der Waals surface area contributed by atoms with E-state index in [1.807, 2.05) is 37.8 Å². The number of nitrogens with one attached hydrogen (secondary N) is 1. The predicted octanol–water partition coefficient (Wildman–Crippen LogP) is 3.40. The standard InChI is InChI=1S/C15H27NO2Si2/c1-19(2,3)16-14(15(17)18-20(4,5)6)12-13-10-8-7-9-11-13/h7-11,14,16H,12H2,1-6H3/t14-/m1/s1. The van der Waals surface area contributed by atoms with Gasteiger partial charge in [0.25, 0.3) is 0 Å². The second-order valence-electron chi connectivity index (χ2n) is 7.17. The Hall–Kier alpha value is -0.916. The van der Waals surface area contributed by atoms with Crippen LogP contribution < -0.4 is 4.98 Å². The number of hydrogen-bond acceptors (Lipinski definition) is 3. The summed E-state index contributed by atoms with van der Waals surface area (Å²) in [4.78, 5) is 15.9. The van der Waals surface area contributed by atoms with Gasteiger partial charge < -0.3 is 9.41 Å². The van der Waals surface area contributed by atoms with Gasteiger partial charge in [-0.25, -0.2) is 0 Å². The molecule has 0 heterocycles. The number of hydrogen-bond donors (Lipinski definition) is 1. The van der Waals surface area contributed by atoms with Gasteiger partial charge in [0.2, 0.25) is 8.32 Å². The first-order valence-electron chi connectivity index (χ1n) is 7.11. The summed E-state index contributed by atoms with van der Waals surface area (Å²) in [5.74, 6) is -0.101. The van der Waals surface area contributed by atoms with E-state index < -0.39 is 16.6 Å². The van der Waals surface area contributed by atoms with Crippen LogP contribution >= 0.6 is 0 Å². The Morgan fingerprint density at radius 2 is 1.65 bits per heavy atom. The van der Waals surface area contributed by atoms with Gasteiger partial charge in [-0.3, -0.25) is 4.79 Å². The van der Waals surface area contributed by atoms with Crippen LogP contribution in [0.4, 0.5) is 0 Å². The summed E-state index contributed by atoms with van der Waals surface area (Å²) in [6.45, 7) is 12.7. The van der Waals surface area contributed by atoms with Gasteiger partial charge in [0.15, 0.2) is 0 Å². The summed E-state index contributed by atoms with van der Waals surface area (Å²) in [6.07, 6.45) is 0.689. The van der Waals surface area contributed by atoms with Gasteiger partial charge in [-0.15, -0.1) is 0 Å². The molecule has 1 atom stereocenters. The van der Waals surface area contributed by atoms with Crippen LogP contribution in [0.3, 0.4) is 0 Å². The Labute approximate surface area is 125 Å². The molecule has 0 saturated heterocycles. The van der Waals surface area contributed by atoms with Gasteiger partial charge in [0.1, 0.15) is 14.3 Å². The van der Waals surface area contributed by atoms with E-state index in [4.69, 9.17) is 4.43 Å². The molecule has 0 unspecified atom stereocenters. The summed E-state index contributed by atoms with van der Waals surface area (Å²) in [5, 5.41) is 0. The van der Waals surface area contributed by atoms with Crippen molar-refractivity contribution in [2.45, 2.75) is 51.7 Å². The normalized spacial score (nSPS) is 13.9. The molecule has 112 valence electrons. The van der Waals surface area contributed by atoms with Gasteiger partial charge in [-0.1, -0.05) is 50.0 Å². The molecule has 0 aromatic heterocycles. The Bertz CT molecular complexity index is 435. The smallest absolute Gasteiger partial charge is 0.309 e. The third-order valence-electron chi connectivity index (χ3n) is 2.58. The van der Waals surface area contributed by atoms with Gasteiger partial charge in [0, 0.05) is 0 Å². The van der Waals surface area contributed by atoms with E-state index in [-0.39, 0.29) is 12.0 Å². The molecular weight excluding hydrogens is 282 g/mol. The highest BCUT2D eigenvalue weighted by atomic mass is 28.4. The Morgan fingerprint density at radius 3 is 2.10 bits per heavy atom. The van der Waals surface area contributed by atoms with Gasteiger partial charge >= 0.3 is 5.97 Å². The first-order valence-corrected chi connectivity index (χ1v) is 14.0. The fourth-order valence-corrected chi connectivity index (χ4v) is 3.95. The molecule has 0 spiro atoms. The van der Waals surface area contributed by atoms with E-state index in [1.165, 1.54) is 0 Å². The minimum Gasteiger partial charge on any atom is -0.519 e. The molecule has 0 saturated carbocycles. The first kappa shape index (κ1) is 17.1. The highest BCUT2D eigenvalue weighted by Gasteiger charge is 2.30. The van der Waals surface area contributed by atoms with E-state index >= 15 is 0 Å². The summed E-state index contributed by atoms with van der Waals surface area (Å²) in [7, 11) is -3.40. The van der Waals surface area contributed by atoms with Crippen molar-refractivity contribution in [3.05, 3.63) is 35.9 Å². The third kappa shape index (κ3) is 7.02. The largest absolute Gasteiger partial charge is 0.519 e. The number of rotatable bonds is 6. The van der Waals surface area contributed by atoms with Gasteiger partial charge in [-0.05, 0) is 31.6 Å². The molecule has 20 heavy (non-hydrogen) atoms. The molecule has 5 heteroatoms. The molecule has 0 bridgehead atoms. The minimum atomic E-state index is -1.85. The van der Waals surface area contributed by atoms with Crippen LogP contribution in [-0.4, -0.2) is 28.6 Å². The van der Waals surface area contributed by atoms with E-state index in [9.17, 15) is 4.79 Å². The van der Waals surface area contributed by atoms with Crippen molar-refractivity contribution in [1.29, 1.82) is 0 Å². The van der Waals surface area contributed by atoms with Gasteiger partial charge in [-0.2, -0.15) is 0 Å². The number of carbonyl (C=O) groups excluding carboxylic acids is 1. The zero-order chi connectivity index (χ0) is 15.4. The zero-order valence-electron chi connectivity index (χ0n) is 13.5. The Morgan fingerprint density at radius 1 is 1.10 bits per heavy atom. The molecule has 0 fully saturated rings. The lowest BCUT2D eigenvalue weighted by Gasteiger charge is -2.28. The fourth-order valence-electron chi connectivity index (χ4n) is 1.94. The van der Waals surface area contributed by atoms with Crippen molar-refractivity contribution in [2.24, 2.45) is 0 Å². The highest BCUT2D eigenvalue weighted by Crippen LogP contribution is 2.11. The molecule has 1 aromatic rings. The SMILES string of the molecule is C[Si](C)(C)N[C@H](Cc1ccccc1)C(=O)O[Si](C)(C)C. The van der Waals surface area contributed by atoms with Crippen molar-refractivity contribution in [3.8, 4) is 0 Å². The maximum absolute atomic E-state index is 12.4. The van der Waals surface area contributed by atoms with Crippen molar-refractivity contribution >= 4 is 22.5 Å². The lowest BCUT2D eigenvalue weighted by atomic mass is 10.1. The van der Waals surface area contributed by atoms with E-state index in [0.717, 1.165) is 5.56 Å². The molecule has 0 aliphatic rings. The van der Waals surface area contributed by atoms with Crippen LogP contribution in [0.5, 0.6) is 0 Å². The van der Waals surface area contributed by atoms with E-state index in [0.29, 0.717) is 6.42 Å². The van der Waals surface area contributed by atoms with Crippen molar-refractivity contribution in [1.82, 2.24) is 4.98 Å². The summed E-state index contributed by atoms with van der Waals surface area (Å²) in [5.41, 5.74) is 1.16. The monoisotopic (exact) mass is 309 g/mol. The van der Waals surface area contributed by atoms with Crippen LogP contribution in [0.25, 0.3) is 0 Å². The fraction of sp³-hybridized carbons (Fsp3) is 0.533. The summed E-state index contributed by atoms with van der Waals surface area (Å²) >= 11 is 0. The van der Waals surface area contributed by atoms with Crippen LogP contribution in [0.15, 0.2) is 30.3 Å². The quantitative estimate of drug-likeness (QED) is 0.819. The second kappa shape index (κ2) is 6.69. The van der Waals surface area contributed by atoms with Crippen molar-refractivity contribution in [3.63, 3.8) is 0 Å². The molecule has 0 aliphatic carbocycles. The molecule has 1 N–H and O–H groups in total. The number of carbonyl (C=O) groups is 1. The average molecular weight is 310 g/mol. The second-order valence-corrected chi connectivity index (χ2v) is 16.4. The molecule has 0 aliphatic heterocycles. The lowest BCUT2D eigenvalue weighted by molar-refractivity contribution is -0.137. The third-order valence-corrected chi connectivity index (χ3v) is 4.61. The molecule has 0 radical (unpaired) electrons. The van der Waals surface area contributed by atoms with E-state index in [2.05, 4.69) is 36.8 Å². The average Bonchev–Trinajstić information content (AvgIpc) is 2.25. The zero-order valence-corrected chi connectivity index (χ0v) is 15.5. The number of benzene rings is 1. The molecule has 1 rings (SSSR count). The van der Waals surface area contributed by atoms with Crippen LogP contribution in [-0.2, 0) is 15.6 Å². The molecular formula is C15H27NO2Si2. The summed E-state index contributed by atoms with van der Waals surface area (Å²) in [6, 6.07) is 9.87. The Kier molecular flexibility index (Phi) is 5.73. The van der Waals surface area contributed by atoms with Crippen LogP contribution in [0, 0.1) is 0 Å². The maximum Gasteiger partial charge on any atom is 0.309 e. The molecule has 0 amide bonds. The first-order chi connectivity index (χ1) is 9.07. The Balaban J connectivity index is 2.83. The van der Waals surface area contributed by atoms with Gasteiger partial charge in [0.05, 0.1) is 0 Å². The van der Waals surface area contributed by atoms with Crippen molar-refractivity contribution in [2.75, 3.05) is 0 Å². The predicted molar refractivity (Wildman–Crippen MR) is 89.9 cm³/mol. The van der Waals surface area contributed by atoms with Crippen LogP contribution in [0.1, 0.15) is 5.56 Å². The topological polar surface area (TPSA) is 38.3 Å². The highest BCUT2D eigenvalue weighted by molar-refractivity contribution is 6.74. The van der Waals surface area contributed by atoms with Crippen LogP contribution in [0.2, 0.25) is 39.3 Å². The lowest BCUT2D eigenvalue weighted by Crippen LogP contribution is -2.54.